The summed E-state index contributed by atoms with van der Waals surface area (Å²) in [6.07, 6.45) is -3.67. The average molecular weight is 590 g/mol. The first kappa shape index (κ1) is 30.9. The predicted molar refractivity (Wildman–Crippen MR) is 148 cm³/mol. The second-order valence-corrected chi connectivity index (χ2v) is 10.4. The van der Waals surface area contributed by atoms with Gasteiger partial charge in [-0.15, -0.1) is 0 Å². The highest BCUT2D eigenvalue weighted by atomic mass is 19.4. The molecule has 0 bridgehead atoms. The molecule has 0 saturated carbocycles. The van der Waals surface area contributed by atoms with E-state index in [2.05, 4.69) is 10.1 Å². The number of carbonyl (C=O) groups excluding carboxylic acids is 1. The molecule has 0 saturated heterocycles. The lowest BCUT2D eigenvalue weighted by molar-refractivity contribution is -0.143. The normalized spacial score (nSPS) is 12.8. The molecule has 0 radical (unpaired) electrons. The number of carbonyl (C=O) groups is 1. The Kier molecular flexibility index (Phi) is 8.86. The third-order valence-corrected chi connectivity index (χ3v) is 7.35. The molecule has 2 heterocycles. The van der Waals surface area contributed by atoms with Gasteiger partial charge < -0.3 is 9.64 Å². The summed E-state index contributed by atoms with van der Waals surface area (Å²) in [6.45, 7) is 7.19. The van der Waals surface area contributed by atoms with Crippen molar-refractivity contribution in [2.24, 2.45) is 0 Å². The van der Waals surface area contributed by atoms with Crippen LogP contribution in [0.3, 0.4) is 0 Å². The summed E-state index contributed by atoms with van der Waals surface area (Å²) in [4.78, 5) is 21.6. The Labute approximate surface area is 240 Å². The molecule has 42 heavy (non-hydrogen) atoms. The second kappa shape index (κ2) is 12.0. The Morgan fingerprint density at radius 2 is 1.64 bits per heavy atom. The van der Waals surface area contributed by atoms with Crippen molar-refractivity contribution in [1.82, 2.24) is 24.4 Å². The number of aromatic nitrogens is 3. The van der Waals surface area contributed by atoms with Crippen molar-refractivity contribution in [2.45, 2.75) is 46.0 Å². The first-order valence-corrected chi connectivity index (χ1v) is 13.3. The summed E-state index contributed by atoms with van der Waals surface area (Å²) in [7, 11) is 3.24. The Morgan fingerprint density at radius 1 is 1.02 bits per heavy atom. The van der Waals surface area contributed by atoms with Gasteiger partial charge in [-0.1, -0.05) is 0 Å². The van der Waals surface area contributed by atoms with E-state index in [0.717, 1.165) is 12.3 Å². The van der Waals surface area contributed by atoms with Crippen molar-refractivity contribution in [2.75, 3.05) is 27.2 Å². The number of benzene rings is 2. The van der Waals surface area contributed by atoms with E-state index in [1.807, 2.05) is 4.90 Å². The fraction of sp³-hybridized carbons (Fsp3) is 0.367. The van der Waals surface area contributed by atoms with Gasteiger partial charge in [0.15, 0.2) is 11.3 Å². The summed E-state index contributed by atoms with van der Waals surface area (Å²) in [5.74, 6) is -1.38. The van der Waals surface area contributed by atoms with Crippen molar-refractivity contribution in [3.63, 3.8) is 0 Å². The van der Waals surface area contributed by atoms with Crippen molar-refractivity contribution >= 4 is 11.6 Å². The number of amides is 1. The van der Waals surface area contributed by atoms with Gasteiger partial charge in [-0.2, -0.15) is 18.3 Å². The topological polar surface area (TPSA) is 63.0 Å². The van der Waals surface area contributed by atoms with E-state index in [-0.39, 0.29) is 41.1 Å². The SMILES string of the molecule is COc1ccc(-c2nc3c(C(=O)N(CCN(C)[C@@H](C)c4cc(F)cc(F)c4)C(C)C)cnn3c(C(F)(F)F)c2C)cc1. The molecule has 0 aliphatic carbocycles. The average Bonchev–Trinajstić information content (AvgIpc) is 3.33. The summed E-state index contributed by atoms with van der Waals surface area (Å²) in [5, 5.41) is 3.94. The molecule has 1 atom stereocenters. The van der Waals surface area contributed by atoms with E-state index >= 15 is 0 Å². The number of methoxy groups -OCH3 is 1. The van der Waals surface area contributed by atoms with Crippen molar-refractivity contribution in [3.05, 3.63) is 82.7 Å². The van der Waals surface area contributed by atoms with Crippen LogP contribution in [0.1, 0.15) is 54.0 Å². The fourth-order valence-electron chi connectivity index (χ4n) is 4.87. The van der Waals surface area contributed by atoms with E-state index in [9.17, 15) is 26.7 Å². The van der Waals surface area contributed by atoms with Crippen LogP contribution in [0.25, 0.3) is 16.9 Å². The smallest absolute Gasteiger partial charge is 0.433 e. The first-order valence-electron chi connectivity index (χ1n) is 13.3. The summed E-state index contributed by atoms with van der Waals surface area (Å²) >= 11 is 0. The molecule has 0 unspecified atom stereocenters. The molecule has 7 nitrogen and oxygen atoms in total. The van der Waals surface area contributed by atoms with Gasteiger partial charge in [-0.25, -0.2) is 18.3 Å². The Hall–Kier alpha value is -4.06. The summed E-state index contributed by atoms with van der Waals surface area (Å²) in [6, 6.07) is 9.04. The standard InChI is InChI=1S/C30H32F5N5O2/c1-17(2)39(12-11-38(5)19(4)21-13-22(31)15-23(32)14-21)29(41)25-16-36-40-27(30(33,34)35)18(3)26(37-28(25)40)20-7-9-24(42-6)10-8-20/h7-10,13-17,19H,11-12H2,1-6H3/t19-/m0/s1. The number of nitrogens with zero attached hydrogens (tertiary/aromatic N) is 5. The van der Waals surface area contributed by atoms with Gasteiger partial charge in [-0.05, 0) is 76.7 Å². The molecule has 224 valence electrons. The third kappa shape index (κ3) is 6.23. The highest BCUT2D eigenvalue weighted by Gasteiger charge is 2.39. The number of rotatable bonds is 9. The minimum Gasteiger partial charge on any atom is -0.497 e. The number of hydrogen-bond donors (Lipinski definition) is 0. The molecule has 12 heteroatoms. The third-order valence-electron chi connectivity index (χ3n) is 7.35. The number of hydrogen-bond acceptors (Lipinski definition) is 5. The first-order chi connectivity index (χ1) is 19.7. The van der Waals surface area contributed by atoms with Gasteiger partial charge in [0.05, 0.1) is 19.0 Å². The van der Waals surface area contributed by atoms with Gasteiger partial charge in [0.25, 0.3) is 5.91 Å². The van der Waals surface area contributed by atoms with Crippen LogP contribution < -0.4 is 4.74 Å². The Bertz CT molecular complexity index is 1560. The van der Waals surface area contributed by atoms with Crippen molar-refractivity contribution in [1.29, 1.82) is 0 Å². The molecule has 0 aliphatic heterocycles. The molecular weight excluding hydrogens is 557 g/mol. The lowest BCUT2D eigenvalue weighted by atomic mass is 10.0. The maximum absolute atomic E-state index is 14.3. The van der Waals surface area contributed by atoms with Crippen LogP contribution in [-0.4, -0.2) is 63.6 Å². The van der Waals surface area contributed by atoms with Gasteiger partial charge in [0.2, 0.25) is 0 Å². The van der Waals surface area contributed by atoms with Crippen molar-refractivity contribution in [3.8, 4) is 17.0 Å². The van der Waals surface area contributed by atoms with Crippen LogP contribution >= 0.6 is 0 Å². The van der Waals surface area contributed by atoms with Gasteiger partial charge in [0.1, 0.15) is 22.9 Å². The van der Waals surface area contributed by atoms with Crippen LogP contribution in [0.4, 0.5) is 22.0 Å². The van der Waals surface area contributed by atoms with Crippen LogP contribution in [0.2, 0.25) is 0 Å². The summed E-state index contributed by atoms with van der Waals surface area (Å²) < 4.78 is 76.3. The second-order valence-electron chi connectivity index (χ2n) is 10.4. The van der Waals surface area contributed by atoms with Crippen LogP contribution in [0.15, 0.2) is 48.7 Å². The van der Waals surface area contributed by atoms with Gasteiger partial charge >= 0.3 is 6.18 Å². The van der Waals surface area contributed by atoms with Crippen LogP contribution in [0, 0.1) is 18.6 Å². The predicted octanol–water partition coefficient (Wildman–Crippen LogP) is 6.55. The molecule has 1 amide bonds. The molecule has 0 aliphatic rings. The molecule has 0 fully saturated rings. The van der Waals surface area contributed by atoms with Crippen LogP contribution in [-0.2, 0) is 6.18 Å². The quantitative estimate of drug-likeness (QED) is 0.207. The zero-order valence-corrected chi connectivity index (χ0v) is 24.1. The Morgan fingerprint density at radius 3 is 2.19 bits per heavy atom. The summed E-state index contributed by atoms with van der Waals surface area (Å²) in [5.41, 5.74) is -0.523. The highest BCUT2D eigenvalue weighted by molar-refractivity contribution is 6.00. The Balaban J connectivity index is 1.69. The fourth-order valence-corrected chi connectivity index (χ4v) is 4.87. The number of fused-ring (bicyclic) bond motifs is 1. The largest absolute Gasteiger partial charge is 0.497 e. The van der Waals surface area contributed by atoms with E-state index in [1.165, 1.54) is 31.1 Å². The highest BCUT2D eigenvalue weighted by Crippen LogP contribution is 2.37. The van der Waals surface area contributed by atoms with E-state index < -0.39 is 29.4 Å². The molecule has 2 aromatic carbocycles. The molecule has 4 aromatic rings. The molecule has 0 N–H and O–H groups in total. The van der Waals surface area contributed by atoms with Gasteiger partial charge in [0, 0.05) is 42.4 Å². The molecular formula is C30H32F5N5O2. The molecule has 2 aromatic heterocycles. The minimum atomic E-state index is -4.77. The maximum atomic E-state index is 14.3. The maximum Gasteiger partial charge on any atom is 0.433 e. The molecule has 0 spiro atoms. The van der Waals surface area contributed by atoms with Crippen molar-refractivity contribution < 1.29 is 31.5 Å². The minimum absolute atomic E-state index is 0.0685. The van der Waals surface area contributed by atoms with E-state index in [4.69, 9.17) is 4.74 Å². The van der Waals surface area contributed by atoms with Gasteiger partial charge in [-0.3, -0.25) is 9.69 Å². The van der Waals surface area contributed by atoms with E-state index in [0.29, 0.717) is 27.9 Å². The molecule has 4 rings (SSSR count). The number of halogens is 5. The zero-order chi connectivity index (χ0) is 30.9. The monoisotopic (exact) mass is 589 g/mol. The lowest BCUT2D eigenvalue weighted by Crippen LogP contribution is -2.42. The number of ether oxygens (including phenoxy) is 1. The lowest BCUT2D eigenvalue weighted by Gasteiger charge is -2.31. The zero-order valence-electron chi connectivity index (χ0n) is 24.1. The van der Waals surface area contributed by atoms with Crippen LogP contribution in [0.5, 0.6) is 5.75 Å². The van der Waals surface area contributed by atoms with E-state index in [1.54, 1.807) is 52.1 Å². The number of alkyl halides is 3. The number of likely N-dealkylation sites (N-methyl/N-ethyl adjacent to an activating group) is 1.